The molecule has 6 nitrogen and oxygen atoms in total. The molecule has 8 heteroatoms. The predicted octanol–water partition coefficient (Wildman–Crippen LogP) is 5.49. The van der Waals surface area contributed by atoms with Crippen LogP contribution in [-0.4, -0.2) is 47.9 Å². The van der Waals surface area contributed by atoms with Crippen LogP contribution < -0.4 is 10.6 Å². The smallest absolute Gasteiger partial charge is 0.256 e. The molecule has 0 unspecified atom stereocenters. The third kappa shape index (κ3) is 4.94. The lowest BCUT2D eigenvalue weighted by molar-refractivity contribution is -0.110. The molecule has 0 aliphatic carbocycles. The number of halogens is 2. The molecule has 2 aromatic carbocycles. The minimum absolute atomic E-state index is 0.0107. The summed E-state index contributed by atoms with van der Waals surface area (Å²) in [7, 11) is 0. The van der Waals surface area contributed by atoms with E-state index in [9.17, 15) is 14.0 Å². The monoisotopic (exact) mass is 506 g/mol. The van der Waals surface area contributed by atoms with Gasteiger partial charge in [0, 0.05) is 23.5 Å². The molecule has 1 saturated heterocycles. The van der Waals surface area contributed by atoms with Crippen molar-refractivity contribution >= 4 is 40.8 Å². The Morgan fingerprint density at radius 3 is 2.78 bits per heavy atom. The Kier molecular flexibility index (Phi) is 6.94. The number of aromatic amines is 1. The number of amides is 2. The van der Waals surface area contributed by atoms with Crippen LogP contribution in [-0.2, 0) is 4.79 Å². The fourth-order valence-electron chi connectivity index (χ4n) is 4.95. The highest BCUT2D eigenvalue weighted by molar-refractivity contribution is 6.36. The SMILES string of the molecule is Cc1cc(C(=O)NCCCN2CCCC2)c(/C=C2\C(=O)Nc3cccc(-c4ccc(F)c(Cl)c4)c32)[nH]1. The first-order valence-corrected chi connectivity index (χ1v) is 12.6. The zero-order valence-corrected chi connectivity index (χ0v) is 20.8. The highest BCUT2D eigenvalue weighted by Crippen LogP contribution is 2.41. The average molecular weight is 507 g/mol. The maximum absolute atomic E-state index is 13.8. The molecule has 2 aliphatic rings. The Labute approximate surface area is 214 Å². The second-order valence-corrected chi connectivity index (χ2v) is 9.71. The van der Waals surface area contributed by atoms with E-state index >= 15 is 0 Å². The number of H-pyrrole nitrogens is 1. The largest absolute Gasteiger partial charge is 0.358 e. The van der Waals surface area contributed by atoms with Gasteiger partial charge in [-0.3, -0.25) is 9.59 Å². The number of nitrogens with zero attached hydrogens (tertiary/aromatic N) is 1. The lowest BCUT2D eigenvalue weighted by atomic mass is 9.94. The molecule has 2 amide bonds. The molecule has 0 bridgehead atoms. The van der Waals surface area contributed by atoms with Crippen LogP contribution in [0.2, 0.25) is 5.02 Å². The van der Waals surface area contributed by atoms with Crippen molar-refractivity contribution in [3.8, 4) is 11.1 Å². The molecule has 3 aromatic rings. The molecule has 0 radical (unpaired) electrons. The fourth-order valence-corrected chi connectivity index (χ4v) is 5.13. The van der Waals surface area contributed by atoms with Gasteiger partial charge in [-0.2, -0.15) is 0 Å². The Bertz CT molecular complexity index is 1360. The summed E-state index contributed by atoms with van der Waals surface area (Å²) < 4.78 is 13.8. The fraction of sp³-hybridized carbons (Fsp3) is 0.286. The van der Waals surface area contributed by atoms with Crippen LogP contribution in [0, 0.1) is 12.7 Å². The number of fused-ring (bicyclic) bond motifs is 1. The van der Waals surface area contributed by atoms with Crippen molar-refractivity contribution in [1.29, 1.82) is 0 Å². The van der Waals surface area contributed by atoms with E-state index in [0.29, 0.717) is 40.2 Å². The first kappa shape index (κ1) is 24.3. The summed E-state index contributed by atoms with van der Waals surface area (Å²) in [6.07, 6.45) is 5.10. The topological polar surface area (TPSA) is 77.2 Å². The van der Waals surface area contributed by atoms with Gasteiger partial charge in [0.05, 0.1) is 21.9 Å². The number of hydrogen-bond acceptors (Lipinski definition) is 3. The average Bonchev–Trinajstić information content (AvgIpc) is 3.58. The molecule has 0 atom stereocenters. The van der Waals surface area contributed by atoms with Crippen LogP contribution >= 0.6 is 11.6 Å². The van der Waals surface area contributed by atoms with Crippen molar-refractivity contribution in [1.82, 2.24) is 15.2 Å². The van der Waals surface area contributed by atoms with Crippen molar-refractivity contribution in [2.75, 3.05) is 31.5 Å². The van der Waals surface area contributed by atoms with Gasteiger partial charge in [0.2, 0.25) is 0 Å². The highest BCUT2D eigenvalue weighted by Gasteiger charge is 2.28. The third-order valence-electron chi connectivity index (χ3n) is 6.71. The number of hydrogen-bond donors (Lipinski definition) is 3. The summed E-state index contributed by atoms with van der Waals surface area (Å²) >= 11 is 6.03. The van der Waals surface area contributed by atoms with Gasteiger partial charge in [0.15, 0.2) is 0 Å². The van der Waals surface area contributed by atoms with Crippen LogP contribution in [0.15, 0.2) is 42.5 Å². The Hall–Kier alpha value is -3.42. The molecule has 1 fully saturated rings. The van der Waals surface area contributed by atoms with Crippen molar-refractivity contribution < 1.29 is 14.0 Å². The van der Waals surface area contributed by atoms with Crippen LogP contribution in [0.3, 0.4) is 0 Å². The van der Waals surface area contributed by atoms with Gasteiger partial charge in [-0.15, -0.1) is 0 Å². The summed E-state index contributed by atoms with van der Waals surface area (Å²) in [5.74, 6) is -0.948. The maximum atomic E-state index is 13.8. The Balaban J connectivity index is 1.42. The van der Waals surface area contributed by atoms with E-state index in [4.69, 9.17) is 11.6 Å². The molecule has 1 aromatic heterocycles. The summed E-state index contributed by atoms with van der Waals surface area (Å²) in [6.45, 7) is 5.72. The van der Waals surface area contributed by atoms with E-state index in [1.807, 2.05) is 25.1 Å². The lowest BCUT2D eigenvalue weighted by Gasteiger charge is -2.14. The van der Waals surface area contributed by atoms with Crippen molar-refractivity contribution in [2.24, 2.45) is 0 Å². The first-order valence-electron chi connectivity index (χ1n) is 12.2. The standard InChI is InChI=1S/C28H28ClFN4O2/c1-17-14-20(27(35)31-10-5-13-34-11-2-3-12-34)25(32-17)16-21-26-19(6-4-7-24(26)33-28(21)36)18-8-9-23(30)22(29)15-18/h4,6-9,14-16,32H,2-3,5,10-13H2,1H3,(H,31,35)(H,33,36)/b21-16-. The van der Waals surface area contributed by atoms with E-state index in [-0.39, 0.29) is 16.8 Å². The van der Waals surface area contributed by atoms with Gasteiger partial charge < -0.3 is 20.5 Å². The van der Waals surface area contributed by atoms with E-state index < -0.39 is 5.82 Å². The van der Waals surface area contributed by atoms with Gasteiger partial charge in [-0.1, -0.05) is 29.8 Å². The number of anilines is 1. The number of aromatic nitrogens is 1. The van der Waals surface area contributed by atoms with Gasteiger partial charge in [-0.25, -0.2) is 4.39 Å². The number of carbonyl (C=O) groups excluding carboxylic acids is 2. The van der Waals surface area contributed by atoms with E-state index in [1.165, 1.54) is 18.9 Å². The minimum atomic E-state index is -0.504. The zero-order chi connectivity index (χ0) is 25.2. The molecule has 0 saturated carbocycles. The highest BCUT2D eigenvalue weighted by atomic mass is 35.5. The molecule has 36 heavy (non-hydrogen) atoms. The second kappa shape index (κ2) is 10.3. The number of likely N-dealkylation sites (tertiary alicyclic amines) is 1. The lowest BCUT2D eigenvalue weighted by Crippen LogP contribution is -2.28. The van der Waals surface area contributed by atoms with E-state index in [2.05, 4.69) is 20.5 Å². The van der Waals surface area contributed by atoms with Gasteiger partial charge in [0.1, 0.15) is 5.82 Å². The van der Waals surface area contributed by atoms with Crippen molar-refractivity contribution in [3.63, 3.8) is 0 Å². The van der Waals surface area contributed by atoms with Crippen LogP contribution in [0.4, 0.5) is 10.1 Å². The summed E-state index contributed by atoms with van der Waals surface area (Å²) in [6, 6.07) is 11.8. The number of nitrogens with one attached hydrogen (secondary N) is 3. The Morgan fingerprint density at radius 1 is 1.19 bits per heavy atom. The normalized spacial score (nSPS) is 16.4. The molecular formula is C28H28ClFN4O2. The summed E-state index contributed by atoms with van der Waals surface area (Å²) in [5.41, 5.74) is 5.08. The zero-order valence-electron chi connectivity index (χ0n) is 20.1. The molecule has 3 heterocycles. The summed E-state index contributed by atoms with van der Waals surface area (Å²) in [5, 5.41) is 5.92. The van der Waals surface area contributed by atoms with Gasteiger partial charge in [-0.05, 0) is 87.3 Å². The Morgan fingerprint density at radius 2 is 2.00 bits per heavy atom. The quantitative estimate of drug-likeness (QED) is 0.293. The van der Waals surface area contributed by atoms with E-state index in [0.717, 1.165) is 37.3 Å². The number of benzene rings is 2. The van der Waals surface area contributed by atoms with Gasteiger partial charge in [0.25, 0.3) is 11.8 Å². The first-order chi connectivity index (χ1) is 17.4. The van der Waals surface area contributed by atoms with Crippen LogP contribution in [0.5, 0.6) is 0 Å². The van der Waals surface area contributed by atoms with Crippen LogP contribution in [0.1, 0.15) is 46.6 Å². The molecule has 2 aliphatic heterocycles. The number of carbonyl (C=O) groups is 2. The maximum Gasteiger partial charge on any atom is 0.256 e. The van der Waals surface area contributed by atoms with Crippen LogP contribution in [0.25, 0.3) is 22.8 Å². The second-order valence-electron chi connectivity index (χ2n) is 9.31. The molecule has 186 valence electrons. The molecule has 3 N–H and O–H groups in total. The molecule has 0 spiro atoms. The van der Waals surface area contributed by atoms with Crippen molar-refractivity contribution in [2.45, 2.75) is 26.2 Å². The minimum Gasteiger partial charge on any atom is -0.358 e. The molecular weight excluding hydrogens is 479 g/mol. The summed E-state index contributed by atoms with van der Waals surface area (Å²) in [4.78, 5) is 31.6. The molecule has 5 rings (SSSR count). The van der Waals surface area contributed by atoms with Crippen molar-refractivity contribution in [3.05, 3.63) is 75.8 Å². The third-order valence-corrected chi connectivity index (χ3v) is 7.00. The number of aryl methyl sites for hydroxylation is 1. The van der Waals surface area contributed by atoms with Gasteiger partial charge >= 0.3 is 0 Å². The number of rotatable bonds is 7. The predicted molar refractivity (Wildman–Crippen MR) is 142 cm³/mol. The van der Waals surface area contributed by atoms with E-state index in [1.54, 1.807) is 24.3 Å².